The predicted octanol–water partition coefficient (Wildman–Crippen LogP) is 4.86. The summed E-state index contributed by atoms with van der Waals surface area (Å²) in [5.41, 5.74) is 4.22. The molecule has 1 saturated heterocycles. The van der Waals surface area contributed by atoms with E-state index in [0.717, 1.165) is 54.7 Å². The van der Waals surface area contributed by atoms with Gasteiger partial charge in [-0.3, -0.25) is 15.0 Å². The maximum absolute atomic E-state index is 12.1. The molecule has 1 aliphatic rings. The Kier molecular flexibility index (Phi) is 8.58. The largest absolute Gasteiger partial charge is 0.484 e. The van der Waals surface area contributed by atoms with Gasteiger partial charge in [0.2, 0.25) is 0 Å². The van der Waals surface area contributed by atoms with Gasteiger partial charge in [-0.1, -0.05) is 41.9 Å². The topological polar surface area (TPSA) is 56.8 Å². The fourth-order valence-electron chi connectivity index (χ4n) is 3.97. The highest BCUT2D eigenvalue weighted by atomic mass is 35.5. The molecule has 0 bridgehead atoms. The molecule has 1 aliphatic heterocycles. The Morgan fingerprint density at radius 2 is 1.74 bits per heavy atom. The molecule has 6 nitrogen and oxygen atoms in total. The van der Waals surface area contributed by atoms with Crippen LogP contribution < -0.4 is 20.3 Å². The molecule has 35 heavy (non-hydrogen) atoms. The molecule has 182 valence electrons. The highest BCUT2D eigenvalue weighted by molar-refractivity contribution is 7.80. The fourth-order valence-corrected chi connectivity index (χ4v) is 4.39. The van der Waals surface area contributed by atoms with Crippen molar-refractivity contribution < 1.29 is 9.53 Å². The number of ether oxygens (including phenoxy) is 1. The third-order valence-corrected chi connectivity index (χ3v) is 6.40. The lowest BCUT2D eigenvalue weighted by atomic mass is 10.2. The van der Waals surface area contributed by atoms with Crippen molar-refractivity contribution in [3.63, 3.8) is 0 Å². The Bertz CT molecular complexity index is 1160. The second-order valence-corrected chi connectivity index (χ2v) is 9.32. The first-order valence-corrected chi connectivity index (χ1v) is 12.4. The average Bonchev–Trinajstić information content (AvgIpc) is 2.85. The molecular formula is C27H29ClN4O2S. The number of halogens is 1. The second kappa shape index (κ2) is 12.0. The van der Waals surface area contributed by atoms with Crippen LogP contribution in [0.4, 0.5) is 11.4 Å². The number of benzene rings is 3. The SMILES string of the molecule is Cc1cccc(OCC(=O)NC(=S)Nc2ccc(N3CCN(Cc4ccccc4Cl)CC3)cc2)c1. The summed E-state index contributed by atoms with van der Waals surface area (Å²) in [6, 6.07) is 23.6. The minimum absolute atomic E-state index is 0.104. The molecule has 0 radical (unpaired) electrons. The lowest BCUT2D eigenvalue weighted by molar-refractivity contribution is -0.121. The van der Waals surface area contributed by atoms with Crippen molar-refractivity contribution in [1.82, 2.24) is 10.2 Å². The summed E-state index contributed by atoms with van der Waals surface area (Å²) >= 11 is 11.6. The molecule has 0 aliphatic carbocycles. The summed E-state index contributed by atoms with van der Waals surface area (Å²) in [5, 5.41) is 6.77. The van der Waals surface area contributed by atoms with E-state index in [0.29, 0.717) is 5.75 Å². The van der Waals surface area contributed by atoms with Crippen molar-refractivity contribution in [3.05, 3.63) is 88.9 Å². The Balaban J connectivity index is 1.20. The van der Waals surface area contributed by atoms with E-state index in [1.54, 1.807) is 0 Å². The minimum Gasteiger partial charge on any atom is -0.484 e. The van der Waals surface area contributed by atoms with Crippen molar-refractivity contribution in [1.29, 1.82) is 0 Å². The van der Waals surface area contributed by atoms with Gasteiger partial charge in [-0.15, -0.1) is 0 Å². The Morgan fingerprint density at radius 3 is 2.46 bits per heavy atom. The number of nitrogens with zero attached hydrogens (tertiary/aromatic N) is 2. The molecule has 4 rings (SSSR count). The normalized spacial score (nSPS) is 13.8. The van der Waals surface area contributed by atoms with Crippen LogP contribution in [0.25, 0.3) is 0 Å². The van der Waals surface area contributed by atoms with Crippen LogP contribution in [-0.2, 0) is 11.3 Å². The molecule has 8 heteroatoms. The summed E-state index contributed by atoms with van der Waals surface area (Å²) < 4.78 is 5.51. The summed E-state index contributed by atoms with van der Waals surface area (Å²) in [5.74, 6) is 0.342. The smallest absolute Gasteiger partial charge is 0.264 e. The number of nitrogens with one attached hydrogen (secondary N) is 2. The maximum Gasteiger partial charge on any atom is 0.264 e. The monoisotopic (exact) mass is 508 g/mol. The van der Waals surface area contributed by atoms with Gasteiger partial charge in [0, 0.05) is 49.1 Å². The molecule has 0 spiro atoms. The number of aryl methyl sites for hydroxylation is 1. The highest BCUT2D eigenvalue weighted by Crippen LogP contribution is 2.22. The van der Waals surface area contributed by atoms with Crippen LogP contribution in [0.2, 0.25) is 5.02 Å². The number of piperazine rings is 1. The van der Waals surface area contributed by atoms with Crippen molar-refractivity contribution >= 4 is 46.2 Å². The van der Waals surface area contributed by atoms with E-state index in [4.69, 9.17) is 28.6 Å². The molecule has 1 heterocycles. The van der Waals surface area contributed by atoms with Crippen LogP contribution >= 0.6 is 23.8 Å². The number of thiocarbonyl (C=S) groups is 1. The molecule has 1 fully saturated rings. The number of amides is 1. The fraction of sp³-hybridized carbons (Fsp3) is 0.259. The zero-order valence-corrected chi connectivity index (χ0v) is 21.2. The number of carbonyl (C=O) groups is 1. The van der Waals surface area contributed by atoms with Crippen LogP contribution in [0, 0.1) is 6.92 Å². The number of anilines is 2. The zero-order valence-electron chi connectivity index (χ0n) is 19.7. The molecule has 0 aromatic heterocycles. The Hall–Kier alpha value is -3.13. The number of hydrogen-bond acceptors (Lipinski definition) is 5. The van der Waals surface area contributed by atoms with Crippen molar-refractivity contribution in [2.75, 3.05) is 43.0 Å². The predicted molar refractivity (Wildman–Crippen MR) is 146 cm³/mol. The first-order chi connectivity index (χ1) is 17.0. The molecule has 0 unspecified atom stereocenters. The van der Waals surface area contributed by atoms with Gasteiger partial charge in [0.05, 0.1) is 0 Å². The van der Waals surface area contributed by atoms with Gasteiger partial charge in [0.1, 0.15) is 5.75 Å². The van der Waals surface area contributed by atoms with Gasteiger partial charge < -0.3 is 15.0 Å². The molecule has 3 aromatic carbocycles. The third-order valence-electron chi connectivity index (χ3n) is 5.83. The van der Waals surface area contributed by atoms with E-state index in [2.05, 4.69) is 38.6 Å². The Labute approximate surface area is 216 Å². The first-order valence-electron chi connectivity index (χ1n) is 11.6. The Morgan fingerprint density at radius 1 is 1.00 bits per heavy atom. The van der Waals surface area contributed by atoms with Crippen LogP contribution in [-0.4, -0.2) is 48.7 Å². The molecule has 0 saturated carbocycles. The number of rotatable bonds is 7. The zero-order chi connectivity index (χ0) is 24.6. The quantitative estimate of drug-likeness (QED) is 0.444. The lowest BCUT2D eigenvalue weighted by Gasteiger charge is -2.36. The molecule has 0 atom stereocenters. The standard InChI is InChI=1S/C27H29ClN4O2S/c1-20-5-4-7-24(17-20)34-19-26(33)30-27(35)29-22-9-11-23(12-10-22)32-15-13-31(14-16-32)18-21-6-2-3-8-25(21)28/h2-12,17H,13-16,18-19H2,1H3,(H2,29,30,33,35). The molecule has 2 N–H and O–H groups in total. The van der Waals surface area contributed by atoms with Gasteiger partial charge >= 0.3 is 0 Å². The molecule has 3 aromatic rings. The van der Waals surface area contributed by atoms with Gasteiger partial charge in [-0.05, 0) is 72.7 Å². The van der Waals surface area contributed by atoms with Crippen LogP contribution in [0.3, 0.4) is 0 Å². The molecule has 1 amide bonds. The van der Waals surface area contributed by atoms with E-state index >= 15 is 0 Å². The van der Waals surface area contributed by atoms with Crippen molar-refractivity contribution in [2.24, 2.45) is 0 Å². The van der Waals surface area contributed by atoms with Gasteiger partial charge in [0.25, 0.3) is 5.91 Å². The number of hydrogen-bond donors (Lipinski definition) is 2. The highest BCUT2D eigenvalue weighted by Gasteiger charge is 2.18. The molecular weight excluding hydrogens is 480 g/mol. The third kappa shape index (κ3) is 7.42. The van der Waals surface area contributed by atoms with Crippen molar-refractivity contribution in [3.8, 4) is 5.75 Å². The van der Waals surface area contributed by atoms with E-state index < -0.39 is 0 Å². The van der Waals surface area contributed by atoms with Gasteiger partial charge in [-0.25, -0.2) is 0 Å². The lowest BCUT2D eigenvalue weighted by Crippen LogP contribution is -2.46. The van der Waals surface area contributed by atoms with Crippen LogP contribution in [0.5, 0.6) is 5.75 Å². The summed E-state index contributed by atoms with van der Waals surface area (Å²) in [6.07, 6.45) is 0. The van der Waals surface area contributed by atoms with E-state index in [1.807, 2.05) is 61.5 Å². The minimum atomic E-state index is -0.310. The van der Waals surface area contributed by atoms with Crippen LogP contribution in [0.15, 0.2) is 72.8 Å². The number of carbonyl (C=O) groups excluding carboxylic acids is 1. The first kappa shape index (κ1) is 25.0. The van der Waals surface area contributed by atoms with E-state index in [1.165, 1.54) is 5.56 Å². The maximum atomic E-state index is 12.1. The summed E-state index contributed by atoms with van der Waals surface area (Å²) in [4.78, 5) is 16.9. The van der Waals surface area contributed by atoms with E-state index in [-0.39, 0.29) is 17.6 Å². The summed E-state index contributed by atoms with van der Waals surface area (Å²) in [7, 11) is 0. The average molecular weight is 509 g/mol. The second-order valence-electron chi connectivity index (χ2n) is 8.51. The van der Waals surface area contributed by atoms with Gasteiger partial charge in [0.15, 0.2) is 11.7 Å². The van der Waals surface area contributed by atoms with Crippen LogP contribution in [0.1, 0.15) is 11.1 Å². The van der Waals surface area contributed by atoms with E-state index in [9.17, 15) is 4.79 Å². The summed E-state index contributed by atoms with van der Waals surface area (Å²) in [6.45, 7) is 6.60. The van der Waals surface area contributed by atoms with Crippen molar-refractivity contribution in [2.45, 2.75) is 13.5 Å². The van der Waals surface area contributed by atoms with Gasteiger partial charge in [-0.2, -0.15) is 0 Å².